The van der Waals surface area contributed by atoms with Crippen molar-refractivity contribution < 1.29 is 4.42 Å². The van der Waals surface area contributed by atoms with Crippen LogP contribution in [0.2, 0.25) is 0 Å². The van der Waals surface area contributed by atoms with Crippen LogP contribution in [0.1, 0.15) is 62.0 Å². The number of anilines is 3. The van der Waals surface area contributed by atoms with E-state index in [9.17, 15) is 0 Å². The minimum absolute atomic E-state index is 0.573. The number of fused-ring (bicyclic) bond motifs is 7. The highest BCUT2D eigenvalue weighted by Gasteiger charge is 2.27. The largest absolute Gasteiger partial charge is 0.456 e. The number of hydrogen-bond acceptors (Lipinski definition) is 3. The van der Waals surface area contributed by atoms with Gasteiger partial charge >= 0.3 is 0 Å². The van der Waals surface area contributed by atoms with Crippen LogP contribution in [0.15, 0.2) is 180 Å². The Kier molecular flexibility index (Phi) is 8.96. The van der Waals surface area contributed by atoms with Gasteiger partial charge in [-0.25, -0.2) is 0 Å². The predicted molar refractivity (Wildman–Crippen MR) is 260 cm³/mol. The first-order valence-electron chi connectivity index (χ1n) is 22.0. The molecule has 0 amide bonds. The first kappa shape index (κ1) is 36.2. The van der Waals surface area contributed by atoms with Gasteiger partial charge in [0.05, 0.1) is 17.1 Å². The van der Waals surface area contributed by atoms with Crippen LogP contribution in [0.4, 0.5) is 17.1 Å². The lowest BCUT2D eigenvalue weighted by atomic mass is 9.80. The van der Waals surface area contributed by atoms with Crippen LogP contribution in [0.25, 0.3) is 76.7 Å². The van der Waals surface area contributed by atoms with E-state index in [1.807, 2.05) is 11.3 Å². The van der Waals surface area contributed by atoms with Crippen molar-refractivity contribution in [3.8, 4) is 22.3 Å². The van der Waals surface area contributed by atoms with Gasteiger partial charge in [-0.2, -0.15) is 0 Å². The molecule has 2 aliphatic rings. The van der Waals surface area contributed by atoms with Crippen molar-refractivity contribution in [2.24, 2.45) is 0 Å². The maximum absolute atomic E-state index is 6.50. The molecular formula is C58H45NOS. The van der Waals surface area contributed by atoms with Crippen molar-refractivity contribution in [1.29, 1.82) is 0 Å². The molecular weight excluding hydrogens is 759 g/mol. The molecule has 8 aromatic carbocycles. The highest BCUT2D eigenvalue weighted by Crippen LogP contribution is 2.50. The Labute approximate surface area is 360 Å². The standard InChI is InChI=1S/C58H45NOS/c1-2-18-38(19-3-1)40-27-14-20-39-21-15-28-45(56(39)40)41-22-4-9-32-50(41)59(51-33-10-5-23-42(51)46-29-17-36-54-57(46)49-26-7-12-35-53(49)60-54)52-34-11-6-24-43(52)47-30-16-31-48-44-25-8-13-37-55(44)61-58(47)48/h4-15,17,20-29,31-38H,1-3,16,18-19,30H2. The van der Waals surface area contributed by atoms with E-state index in [1.54, 1.807) is 0 Å². The summed E-state index contributed by atoms with van der Waals surface area (Å²) in [5.41, 5.74) is 14.3. The van der Waals surface area contributed by atoms with Crippen molar-refractivity contribution in [1.82, 2.24) is 0 Å². The number of thiophene rings is 1. The summed E-state index contributed by atoms with van der Waals surface area (Å²) in [6, 6.07) is 65.2. The number of rotatable bonds is 7. The molecule has 1 fully saturated rings. The summed E-state index contributed by atoms with van der Waals surface area (Å²) in [5, 5.41) is 7.72. The summed E-state index contributed by atoms with van der Waals surface area (Å²) < 4.78 is 9.24. The molecule has 0 atom stereocenters. The first-order valence-corrected chi connectivity index (χ1v) is 22.8. The minimum Gasteiger partial charge on any atom is -0.456 e. The lowest BCUT2D eigenvalue weighted by Gasteiger charge is -2.32. The van der Waals surface area contributed by atoms with Crippen molar-refractivity contribution in [2.45, 2.75) is 50.9 Å². The molecule has 3 heteroatoms. The molecule has 12 rings (SSSR count). The topological polar surface area (TPSA) is 16.4 Å². The molecule has 2 aromatic heterocycles. The number of benzene rings is 8. The van der Waals surface area contributed by atoms with Gasteiger partial charge in [0, 0.05) is 36.7 Å². The second kappa shape index (κ2) is 15.1. The highest BCUT2D eigenvalue weighted by molar-refractivity contribution is 7.17. The van der Waals surface area contributed by atoms with Crippen molar-refractivity contribution in [3.63, 3.8) is 0 Å². The third-order valence-corrected chi connectivity index (χ3v) is 14.6. The van der Waals surface area contributed by atoms with Crippen LogP contribution < -0.4 is 14.7 Å². The van der Waals surface area contributed by atoms with Gasteiger partial charge in [0.1, 0.15) is 11.2 Å². The molecule has 0 aliphatic heterocycles. The second-order valence-corrected chi connectivity index (χ2v) is 17.9. The molecule has 2 aliphatic carbocycles. The van der Waals surface area contributed by atoms with Crippen LogP contribution in [-0.4, -0.2) is 0 Å². The molecule has 0 saturated heterocycles. The van der Waals surface area contributed by atoms with E-state index in [1.165, 1.54) is 96.2 Å². The van der Waals surface area contributed by atoms with Gasteiger partial charge in [0.25, 0.3) is 0 Å². The molecule has 61 heavy (non-hydrogen) atoms. The van der Waals surface area contributed by atoms with Crippen molar-refractivity contribution in [3.05, 3.63) is 197 Å². The molecule has 294 valence electrons. The van der Waals surface area contributed by atoms with Gasteiger partial charge in [-0.1, -0.05) is 165 Å². The van der Waals surface area contributed by atoms with Crippen LogP contribution in [0.5, 0.6) is 0 Å². The molecule has 0 radical (unpaired) electrons. The zero-order chi connectivity index (χ0) is 40.3. The van der Waals surface area contributed by atoms with Crippen molar-refractivity contribution in [2.75, 3.05) is 4.90 Å². The lowest BCUT2D eigenvalue weighted by Crippen LogP contribution is -2.26. The molecule has 2 heterocycles. The molecule has 0 N–H and O–H groups in total. The Morgan fingerprint density at radius 2 is 1.05 bits per heavy atom. The van der Waals surface area contributed by atoms with Gasteiger partial charge in [-0.15, -0.1) is 11.3 Å². The summed E-state index contributed by atoms with van der Waals surface area (Å²) in [7, 11) is 0. The fourth-order valence-electron chi connectivity index (χ4n) is 10.7. The van der Waals surface area contributed by atoms with E-state index < -0.39 is 0 Å². The summed E-state index contributed by atoms with van der Waals surface area (Å²) in [6.07, 6.45) is 10.9. The van der Waals surface area contributed by atoms with Gasteiger partial charge in [0.15, 0.2) is 0 Å². The Bertz CT molecular complexity index is 3430. The monoisotopic (exact) mass is 803 g/mol. The van der Waals surface area contributed by atoms with E-state index in [4.69, 9.17) is 4.42 Å². The average molecular weight is 804 g/mol. The maximum Gasteiger partial charge on any atom is 0.136 e. The normalized spacial score (nSPS) is 14.5. The van der Waals surface area contributed by atoms with Crippen LogP contribution in [0.3, 0.4) is 0 Å². The zero-order valence-electron chi connectivity index (χ0n) is 34.1. The highest BCUT2D eigenvalue weighted by atomic mass is 32.1. The smallest absolute Gasteiger partial charge is 0.136 e. The van der Waals surface area contributed by atoms with Gasteiger partial charge in [0.2, 0.25) is 0 Å². The third-order valence-electron chi connectivity index (χ3n) is 13.4. The van der Waals surface area contributed by atoms with E-state index in [0.29, 0.717) is 5.92 Å². The Hall–Kier alpha value is -6.68. The summed E-state index contributed by atoms with van der Waals surface area (Å²) in [4.78, 5) is 2.58. The molecule has 1 saturated carbocycles. The Morgan fingerprint density at radius 3 is 1.82 bits per heavy atom. The number of furan rings is 1. The quantitative estimate of drug-likeness (QED) is 0.160. The van der Waals surface area contributed by atoms with E-state index in [-0.39, 0.29) is 0 Å². The first-order chi connectivity index (χ1) is 30.3. The van der Waals surface area contributed by atoms with Gasteiger partial charge < -0.3 is 9.32 Å². The van der Waals surface area contributed by atoms with E-state index >= 15 is 0 Å². The van der Waals surface area contributed by atoms with Crippen molar-refractivity contribution >= 4 is 82.8 Å². The molecule has 0 unspecified atom stereocenters. The summed E-state index contributed by atoms with van der Waals surface area (Å²) in [6.45, 7) is 0. The number of hydrogen-bond donors (Lipinski definition) is 0. The zero-order valence-corrected chi connectivity index (χ0v) is 34.9. The molecule has 10 aromatic rings. The third kappa shape index (κ3) is 6.05. The Morgan fingerprint density at radius 1 is 0.475 bits per heavy atom. The SMILES string of the molecule is C1=c2c(sc3ccccc23)=C(c2ccccc2N(c2ccccc2-c2cccc3cccc(C4CCCCC4)c23)c2ccccc2-c2cccc3oc4ccccc4c23)CC1. The maximum atomic E-state index is 6.50. The molecule has 0 spiro atoms. The average Bonchev–Trinajstić information content (AvgIpc) is 3.91. The number of nitrogens with zero attached hydrogens (tertiary/aromatic N) is 1. The summed E-state index contributed by atoms with van der Waals surface area (Å²) >= 11 is 1.94. The summed E-state index contributed by atoms with van der Waals surface area (Å²) in [5.74, 6) is 0.573. The fourth-order valence-corrected chi connectivity index (χ4v) is 12.0. The van der Waals surface area contributed by atoms with Crippen LogP contribution in [-0.2, 0) is 0 Å². The fraction of sp³-hybridized carbons (Fsp3) is 0.138. The van der Waals surface area contributed by atoms with Crippen LogP contribution >= 0.6 is 11.3 Å². The molecule has 0 bridgehead atoms. The Balaban J connectivity index is 1.16. The van der Waals surface area contributed by atoms with E-state index in [0.717, 1.165) is 57.3 Å². The predicted octanol–water partition coefficient (Wildman–Crippen LogP) is 15.6. The lowest BCUT2D eigenvalue weighted by molar-refractivity contribution is 0.445. The molecule has 2 nitrogen and oxygen atoms in total. The second-order valence-electron chi connectivity index (χ2n) is 16.8. The van der Waals surface area contributed by atoms with E-state index in [2.05, 4.69) is 187 Å². The minimum atomic E-state index is 0.573. The van der Waals surface area contributed by atoms with Gasteiger partial charge in [-0.3, -0.25) is 0 Å². The van der Waals surface area contributed by atoms with Gasteiger partial charge in [-0.05, 0) is 112 Å². The van der Waals surface area contributed by atoms with Crippen LogP contribution in [0, 0.1) is 0 Å². The number of para-hydroxylation sites is 4.